The van der Waals surface area contributed by atoms with E-state index in [1.54, 1.807) is 0 Å². The summed E-state index contributed by atoms with van der Waals surface area (Å²) in [5.41, 5.74) is 1.78. The molecule has 19 heavy (non-hydrogen) atoms. The third-order valence-corrected chi connectivity index (χ3v) is 4.42. The Morgan fingerprint density at radius 3 is 2.79 bits per heavy atom. The highest BCUT2D eigenvalue weighted by Crippen LogP contribution is 2.27. The van der Waals surface area contributed by atoms with Crippen molar-refractivity contribution in [2.75, 3.05) is 13.2 Å². The van der Waals surface area contributed by atoms with Gasteiger partial charge in [0, 0.05) is 25.7 Å². The van der Waals surface area contributed by atoms with Crippen molar-refractivity contribution >= 4 is 0 Å². The average Bonchev–Trinajstić information content (AvgIpc) is 3.04. The van der Waals surface area contributed by atoms with Crippen molar-refractivity contribution in [1.29, 1.82) is 0 Å². The molecule has 2 N–H and O–H groups in total. The molecule has 1 aromatic heterocycles. The smallest absolute Gasteiger partial charge is 0.121 e. The number of hydrogen-bond acceptors (Lipinski definition) is 4. The quantitative estimate of drug-likeness (QED) is 0.858. The molecule has 0 saturated heterocycles. The molecule has 0 radical (unpaired) electrons. The molecule has 0 spiro atoms. The molecular formula is C14H23N3O2. The Balaban J connectivity index is 1.77. The number of aliphatic hydroxyl groups excluding tert-OH is 2. The summed E-state index contributed by atoms with van der Waals surface area (Å²) < 4.78 is 2.00. The Morgan fingerprint density at radius 2 is 2.05 bits per heavy atom. The van der Waals surface area contributed by atoms with Gasteiger partial charge in [-0.15, -0.1) is 0 Å². The zero-order valence-electron chi connectivity index (χ0n) is 11.3. The molecule has 106 valence electrons. The lowest BCUT2D eigenvalue weighted by molar-refractivity contribution is 0.0916. The van der Waals surface area contributed by atoms with Gasteiger partial charge in [-0.3, -0.25) is 9.58 Å². The zero-order chi connectivity index (χ0) is 13.2. The van der Waals surface area contributed by atoms with Crippen LogP contribution in [0.2, 0.25) is 0 Å². The van der Waals surface area contributed by atoms with Crippen LogP contribution in [0.4, 0.5) is 0 Å². The first-order valence-electron chi connectivity index (χ1n) is 7.37. The van der Waals surface area contributed by atoms with Crippen LogP contribution in [0.5, 0.6) is 0 Å². The summed E-state index contributed by atoms with van der Waals surface area (Å²) in [6, 6.07) is 2.68. The van der Waals surface area contributed by atoms with Gasteiger partial charge in [0.05, 0.1) is 18.0 Å². The van der Waals surface area contributed by atoms with E-state index in [9.17, 15) is 5.11 Å². The Morgan fingerprint density at radius 1 is 1.26 bits per heavy atom. The van der Waals surface area contributed by atoms with E-state index in [0.29, 0.717) is 5.69 Å². The van der Waals surface area contributed by atoms with E-state index in [1.165, 1.54) is 31.4 Å². The van der Waals surface area contributed by atoms with Gasteiger partial charge in [0.1, 0.15) is 6.10 Å². The van der Waals surface area contributed by atoms with Crippen LogP contribution in [0.3, 0.4) is 0 Å². The van der Waals surface area contributed by atoms with Gasteiger partial charge in [-0.2, -0.15) is 5.10 Å². The molecule has 5 heteroatoms. The fourth-order valence-corrected chi connectivity index (χ4v) is 3.35. The number of nitrogens with zero attached hydrogens (tertiary/aromatic N) is 3. The molecule has 3 rings (SSSR count). The highest BCUT2D eigenvalue weighted by molar-refractivity contribution is 5.14. The molecular weight excluding hydrogens is 242 g/mol. The van der Waals surface area contributed by atoms with Gasteiger partial charge in [-0.25, -0.2) is 0 Å². The summed E-state index contributed by atoms with van der Waals surface area (Å²) in [6.07, 6.45) is 5.61. The minimum atomic E-state index is -0.848. The molecule has 0 aromatic carbocycles. The predicted molar refractivity (Wildman–Crippen MR) is 71.6 cm³/mol. The minimum absolute atomic E-state index is 0.261. The third-order valence-electron chi connectivity index (χ3n) is 4.42. The lowest BCUT2D eigenvalue weighted by atomic mass is 10.2. The molecule has 1 atom stereocenters. The van der Waals surface area contributed by atoms with Crippen molar-refractivity contribution in [1.82, 2.24) is 14.7 Å². The van der Waals surface area contributed by atoms with E-state index in [0.717, 1.165) is 32.1 Å². The van der Waals surface area contributed by atoms with Crippen LogP contribution in [0.15, 0.2) is 6.07 Å². The van der Waals surface area contributed by atoms with Crippen molar-refractivity contribution in [2.45, 2.75) is 57.3 Å². The highest BCUT2D eigenvalue weighted by Gasteiger charge is 2.26. The maximum absolute atomic E-state index is 9.69. The second kappa shape index (κ2) is 5.61. The molecule has 0 amide bonds. The van der Waals surface area contributed by atoms with Crippen LogP contribution in [-0.4, -0.2) is 44.1 Å². The number of aliphatic hydroxyl groups is 2. The molecule has 1 aliphatic carbocycles. The maximum Gasteiger partial charge on any atom is 0.121 e. The van der Waals surface area contributed by atoms with E-state index in [-0.39, 0.29) is 6.61 Å². The second-order valence-electron chi connectivity index (χ2n) is 5.74. The van der Waals surface area contributed by atoms with E-state index in [1.807, 2.05) is 10.7 Å². The molecule has 0 unspecified atom stereocenters. The van der Waals surface area contributed by atoms with Gasteiger partial charge in [0.2, 0.25) is 0 Å². The maximum atomic E-state index is 9.69. The van der Waals surface area contributed by atoms with E-state index in [2.05, 4.69) is 10.00 Å². The molecule has 1 saturated carbocycles. The van der Waals surface area contributed by atoms with Crippen molar-refractivity contribution in [3.8, 4) is 0 Å². The van der Waals surface area contributed by atoms with Gasteiger partial charge in [0.15, 0.2) is 0 Å². The first kappa shape index (κ1) is 13.1. The van der Waals surface area contributed by atoms with Crippen molar-refractivity contribution < 1.29 is 10.2 Å². The Bertz CT molecular complexity index is 426. The summed E-state index contributed by atoms with van der Waals surface area (Å²) in [4.78, 5) is 2.57. The predicted octanol–water partition coefficient (Wildman–Crippen LogP) is 1.06. The summed E-state index contributed by atoms with van der Waals surface area (Å²) in [6.45, 7) is 2.72. The molecule has 2 heterocycles. The number of aryl methyl sites for hydroxylation is 1. The fourth-order valence-electron chi connectivity index (χ4n) is 3.35. The van der Waals surface area contributed by atoms with Crippen LogP contribution in [0, 0.1) is 0 Å². The molecule has 1 aliphatic heterocycles. The Kier molecular flexibility index (Phi) is 3.86. The second-order valence-corrected chi connectivity index (χ2v) is 5.74. The summed E-state index contributed by atoms with van der Waals surface area (Å²) in [5, 5.41) is 23.1. The lowest BCUT2D eigenvalue weighted by Gasteiger charge is -2.26. The van der Waals surface area contributed by atoms with Gasteiger partial charge in [-0.05, 0) is 25.3 Å². The topological polar surface area (TPSA) is 61.5 Å². The summed E-state index contributed by atoms with van der Waals surface area (Å²) in [5.74, 6) is 0. The van der Waals surface area contributed by atoms with E-state index >= 15 is 0 Å². The normalized spacial score (nSPS) is 23.3. The lowest BCUT2D eigenvalue weighted by Crippen LogP contribution is -2.32. The average molecular weight is 265 g/mol. The van der Waals surface area contributed by atoms with Crippen molar-refractivity contribution in [3.63, 3.8) is 0 Å². The van der Waals surface area contributed by atoms with Crippen molar-refractivity contribution in [3.05, 3.63) is 17.5 Å². The molecule has 1 aromatic rings. The minimum Gasteiger partial charge on any atom is -0.393 e. The fraction of sp³-hybridized carbons (Fsp3) is 0.786. The SMILES string of the molecule is OC[C@H](O)c1cc2n(n1)CCCN(C1CCCC1)C2. The molecule has 5 nitrogen and oxygen atoms in total. The first-order valence-corrected chi connectivity index (χ1v) is 7.37. The largest absolute Gasteiger partial charge is 0.393 e. The standard InChI is InChI=1S/C14H23N3O2/c18-10-14(19)13-8-12-9-16(11-4-1-2-5-11)6-3-7-17(12)15-13/h8,11,14,18-19H,1-7,9-10H2/t14-/m0/s1. The summed E-state index contributed by atoms with van der Waals surface area (Å²) in [7, 11) is 0. The molecule has 2 aliphatic rings. The van der Waals surface area contributed by atoms with E-state index in [4.69, 9.17) is 5.11 Å². The summed E-state index contributed by atoms with van der Waals surface area (Å²) >= 11 is 0. The van der Waals surface area contributed by atoms with Gasteiger partial charge in [-0.1, -0.05) is 12.8 Å². The van der Waals surface area contributed by atoms with Crippen LogP contribution < -0.4 is 0 Å². The van der Waals surface area contributed by atoms with Crippen LogP contribution >= 0.6 is 0 Å². The van der Waals surface area contributed by atoms with E-state index < -0.39 is 6.10 Å². The van der Waals surface area contributed by atoms with Crippen LogP contribution in [0.25, 0.3) is 0 Å². The van der Waals surface area contributed by atoms with Gasteiger partial charge in [0.25, 0.3) is 0 Å². The Hall–Kier alpha value is -0.910. The first-order chi connectivity index (χ1) is 9.28. The number of aromatic nitrogens is 2. The van der Waals surface area contributed by atoms with Crippen LogP contribution in [0.1, 0.15) is 49.6 Å². The molecule has 0 bridgehead atoms. The number of fused-ring (bicyclic) bond motifs is 1. The monoisotopic (exact) mass is 265 g/mol. The van der Waals surface area contributed by atoms with Gasteiger partial charge < -0.3 is 10.2 Å². The van der Waals surface area contributed by atoms with Crippen molar-refractivity contribution in [2.24, 2.45) is 0 Å². The third kappa shape index (κ3) is 2.68. The number of rotatable bonds is 3. The zero-order valence-corrected chi connectivity index (χ0v) is 11.3. The van der Waals surface area contributed by atoms with Crippen LogP contribution in [-0.2, 0) is 13.1 Å². The number of hydrogen-bond donors (Lipinski definition) is 2. The molecule has 1 fully saturated rings. The van der Waals surface area contributed by atoms with Gasteiger partial charge >= 0.3 is 0 Å². The highest BCUT2D eigenvalue weighted by atomic mass is 16.3. The Labute approximate surface area is 113 Å².